The van der Waals surface area contributed by atoms with Crippen LogP contribution >= 0.6 is 0 Å². The molecule has 0 spiro atoms. The molecule has 0 bridgehead atoms. The van der Waals surface area contributed by atoms with Crippen LogP contribution in [0.1, 0.15) is 36.2 Å². The quantitative estimate of drug-likeness (QED) is 0.452. The first kappa shape index (κ1) is 23.6. The van der Waals surface area contributed by atoms with Crippen LogP contribution in [0.3, 0.4) is 0 Å². The Labute approximate surface area is 181 Å². The fourth-order valence-electron chi connectivity index (χ4n) is 2.68. The average molecular weight is 422 g/mol. The van der Waals surface area contributed by atoms with Crippen molar-refractivity contribution in [2.45, 2.75) is 32.8 Å². The van der Waals surface area contributed by atoms with Crippen LogP contribution in [0, 0.1) is 11.3 Å². The SMILES string of the molecule is C=C(C)/C=C(C#N)\C=C/Cc1c[nH]n(-c2ccc(C(=O)NCCC(C)OC)cn2)c1=O. The van der Waals surface area contributed by atoms with Crippen LogP contribution in [0.4, 0.5) is 0 Å². The summed E-state index contributed by atoms with van der Waals surface area (Å²) in [5.74, 6) is 0.146. The molecule has 162 valence electrons. The van der Waals surface area contributed by atoms with E-state index in [1.165, 1.54) is 10.9 Å². The number of amides is 1. The lowest BCUT2D eigenvalue weighted by atomic mass is 10.1. The smallest absolute Gasteiger partial charge is 0.276 e. The molecule has 2 rings (SSSR count). The number of ether oxygens (including phenoxy) is 1. The van der Waals surface area contributed by atoms with E-state index in [0.29, 0.717) is 41.9 Å². The largest absolute Gasteiger partial charge is 0.382 e. The van der Waals surface area contributed by atoms with E-state index >= 15 is 0 Å². The van der Waals surface area contributed by atoms with E-state index in [0.717, 1.165) is 5.57 Å². The van der Waals surface area contributed by atoms with Crippen molar-refractivity contribution in [3.8, 4) is 11.9 Å². The monoisotopic (exact) mass is 421 g/mol. The standard InChI is InChI=1S/C23H27N5O3/c1-16(2)12-18(13-24)6-5-7-20-15-27-28(23(20)30)21-9-8-19(14-26-21)22(29)25-11-10-17(3)31-4/h5-6,8-9,12,14-15,17,27H,1,7,10-11H2,2-4H3,(H,25,29)/b6-5-,18-12+. The second-order valence-corrected chi connectivity index (χ2v) is 7.10. The lowest BCUT2D eigenvalue weighted by Gasteiger charge is -2.10. The zero-order chi connectivity index (χ0) is 22.8. The van der Waals surface area contributed by atoms with Crippen molar-refractivity contribution in [3.05, 3.63) is 82.0 Å². The molecule has 0 aliphatic rings. The van der Waals surface area contributed by atoms with E-state index in [1.54, 1.807) is 50.6 Å². The van der Waals surface area contributed by atoms with Crippen molar-refractivity contribution in [1.82, 2.24) is 20.1 Å². The molecule has 1 unspecified atom stereocenters. The fourth-order valence-corrected chi connectivity index (χ4v) is 2.68. The zero-order valence-electron chi connectivity index (χ0n) is 18.0. The van der Waals surface area contributed by atoms with Crippen LogP contribution in [0.5, 0.6) is 0 Å². The average Bonchev–Trinajstić information content (AvgIpc) is 3.12. The third-order valence-corrected chi connectivity index (χ3v) is 4.49. The molecule has 8 nitrogen and oxygen atoms in total. The first-order chi connectivity index (χ1) is 14.8. The molecule has 1 atom stereocenters. The van der Waals surface area contributed by atoms with E-state index in [-0.39, 0.29) is 17.6 Å². The van der Waals surface area contributed by atoms with Gasteiger partial charge in [0.05, 0.1) is 23.3 Å². The topological polar surface area (TPSA) is 113 Å². The van der Waals surface area contributed by atoms with Crippen LogP contribution in [-0.4, -0.2) is 40.4 Å². The minimum absolute atomic E-state index is 0.0678. The summed E-state index contributed by atoms with van der Waals surface area (Å²) < 4.78 is 6.45. The Morgan fingerprint density at radius 1 is 1.48 bits per heavy atom. The van der Waals surface area contributed by atoms with E-state index in [2.05, 4.69) is 28.0 Å². The molecule has 2 aromatic heterocycles. The first-order valence-corrected chi connectivity index (χ1v) is 9.86. The molecular weight excluding hydrogens is 394 g/mol. The lowest BCUT2D eigenvalue weighted by molar-refractivity contribution is 0.0917. The van der Waals surface area contributed by atoms with Gasteiger partial charge in [-0.15, -0.1) is 0 Å². The highest BCUT2D eigenvalue weighted by Crippen LogP contribution is 2.06. The molecule has 2 aromatic rings. The number of aromatic amines is 1. The third kappa shape index (κ3) is 6.94. The van der Waals surface area contributed by atoms with Crippen molar-refractivity contribution in [3.63, 3.8) is 0 Å². The summed E-state index contributed by atoms with van der Waals surface area (Å²) in [6.07, 6.45) is 9.24. The Morgan fingerprint density at radius 2 is 2.26 bits per heavy atom. The molecule has 8 heteroatoms. The van der Waals surface area contributed by atoms with Gasteiger partial charge in [0.2, 0.25) is 0 Å². The van der Waals surface area contributed by atoms with Gasteiger partial charge in [-0.05, 0) is 51.0 Å². The third-order valence-electron chi connectivity index (χ3n) is 4.49. The van der Waals surface area contributed by atoms with Crippen LogP contribution in [0.15, 0.2) is 65.3 Å². The van der Waals surface area contributed by atoms with Gasteiger partial charge in [-0.3, -0.25) is 14.7 Å². The number of pyridine rings is 1. The van der Waals surface area contributed by atoms with Crippen molar-refractivity contribution >= 4 is 5.91 Å². The molecule has 0 aromatic carbocycles. The summed E-state index contributed by atoms with van der Waals surface area (Å²) in [6.45, 7) is 7.98. The Hall–Kier alpha value is -3.70. The Kier molecular flexibility index (Phi) is 8.73. The highest BCUT2D eigenvalue weighted by Gasteiger charge is 2.10. The van der Waals surface area contributed by atoms with Crippen LogP contribution in [0.25, 0.3) is 5.82 Å². The normalized spacial score (nSPS) is 12.5. The van der Waals surface area contributed by atoms with Crippen LogP contribution in [-0.2, 0) is 11.2 Å². The molecule has 1 amide bonds. The molecule has 2 N–H and O–H groups in total. The van der Waals surface area contributed by atoms with E-state index in [1.807, 2.05) is 6.92 Å². The Morgan fingerprint density at radius 3 is 2.87 bits per heavy atom. The van der Waals surface area contributed by atoms with E-state index < -0.39 is 0 Å². The Balaban J connectivity index is 2.04. The van der Waals surface area contributed by atoms with Crippen molar-refractivity contribution in [2.24, 2.45) is 0 Å². The van der Waals surface area contributed by atoms with Crippen molar-refractivity contribution in [2.75, 3.05) is 13.7 Å². The number of carbonyl (C=O) groups excluding carboxylic acids is 1. The maximum atomic E-state index is 12.6. The molecule has 0 fully saturated rings. The van der Waals surface area contributed by atoms with E-state index in [9.17, 15) is 9.59 Å². The second kappa shape index (κ2) is 11.5. The van der Waals surface area contributed by atoms with E-state index in [4.69, 9.17) is 10.00 Å². The van der Waals surface area contributed by atoms with Crippen LogP contribution < -0.4 is 10.9 Å². The Bertz CT molecular complexity index is 1070. The molecule has 2 heterocycles. The van der Waals surface area contributed by atoms with Crippen molar-refractivity contribution < 1.29 is 9.53 Å². The predicted molar refractivity (Wildman–Crippen MR) is 119 cm³/mol. The molecular formula is C23H27N5O3. The summed E-state index contributed by atoms with van der Waals surface area (Å²) in [5.41, 5.74) is 1.93. The summed E-state index contributed by atoms with van der Waals surface area (Å²) in [5, 5.41) is 14.8. The highest BCUT2D eigenvalue weighted by molar-refractivity contribution is 5.93. The lowest BCUT2D eigenvalue weighted by Crippen LogP contribution is -2.27. The number of hydrogen-bond donors (Lipinski definition) is 2. The van der Waals surface area contributed by atoms with Gasteiger partial charge in [0.15, 0.2) is 5.82 Å². The number of nitrogens with zero attached hydrogens (tertiary/aromatic N) is 3. The van der Waals surface area contributed by atoms with Gasteiger partial charge in [0, 0.05) is 31.6 Å². The molecule has 0 aliphatic carbocycles. The maximum Gasteiger partial charge on any atom is 0.276 e. The minimum Gasteiger partial charge on any atom is -0.382 e. The number of hydrogen-bond acceptors (Lipinski definition) is 5. The van der Waals surface area contributed by atoms with Gasteiger partial charge < -0.3 is 10.1 Å². The summed E-state index contributed by atoms with van der Waals surface area (Å²) >= 11 is 0. The predicted octanol–water partition coefficient (Wildman–Crippen LogP) is 2.84. The van der Waals surface area contributed by atoms with Gasteiger partial charge in [0.25, 0.3) is 11.5 Å². The number of nitriles is 1. The second-order valence-electron chi connectivity index (χ2n) is 7.10. The minimum atomic E-state index is -0.245. The number of nitrogens with one attached hydrogen (secondary N) is 2. The summed E-state index contributed by atoms with van der Waals surface area (Å²) in [6, 6.07) is 5.30. The number of aromatic nitrogens is 3. The highest BCUT2D eigenvalue weighted by atomic mass is 16.5. The first-order valence-electron chi connectivity index (χ1n) is 9.86. The zero-order valence-corrected chi connectivity index (χ0v) is 18.0. The van der Waals surface area contributed by atoms with Gasteiger partial charge in [-0.2, -0.15) is 5.26 Å². The molecule has 0 saturated carbocycles. The maximum absolute atomic E-state index is 12.6. The van der Waals surface area contributed by atoms with Gasteiger partial charge in [0.1, 0.15) is 0 Å². The number of allylic oxidation sites excluding steroid dienone is 5. The number of carbonyl (C=O) groups is 1. The molecule has 0 aliphatic heterocycles. The number of methoxy groups -OCH3 is 1. The number of H-pyrrole nitrogens is 1. The molecule has 31 heavy (non-hydrogen) atoms. The van der Waals surface area contributed by atoms with Crippen molar-refractivity contribution in [1.29, 1.82) is 5.26 Å². The molecule has 0 saturated heterocycles. The molecule has 0 radical (unpaired) electrons. The van der Waals surface area contributed by atoms with Gasteiger partial charge >= 0.3 is 0 Å². The fraction of sp³-hybridized carbons (Fsp3) is 0.304. The van der Waals surface area contributed by atoms with Gasteiger partial charge in [-0.25, -0.2) is 9.67 Å². The van der Waals surface area contributed by atoms with Crippen LogP contribution in [0.2, 0.25) is 0 Å². The number of rotatable bonds is 10. The summed E-state index contributed by atoms with van der Waals surface area (Å²) in [4.78, 5) is 29.0. The van der Waals surface area contributed by atoms with Gasteiger partial charge in [-0.1, -0.05) is 18.2 Å². The summed E-state index contributed by atoms with van der Waals surface area (Å²) in [7, 11) is 1.63.